The molecule has 0 radical (unpaired) electrons. The fourth-order valence-electron chi connectivity index (χ4n) is 2.43. The van der Waals surface area contributed by atoms with E-state index in [1.807, 2.05) is 12.1 Å². The van der Waals surface area contributed by atoms with E-state index in [0.29, 0.717) is 22.8 Å². The number of methoxy groups -OCH3 is 1. The lowest BCUT2D eigenvalue weighted by molar-refractivity contribution is 0.0697. The minimum atomic E-state index is -0.922. The highest BCUT2D eigenvalue weighted by Crippen LogP contribution is 2.40. The van der Waals surface area contributed by atoms with Gasteiger partial charge in [0.05, 0.1) is 12.7 Å². The number of ether oxygens (including phenoxy) is 1. The minimum Gasteiger partial charge on any atom is -0.497 e. The van der Waals surface area contributed by atoms with Gasteiger partial charge in [0.2, 0.25) is 0 Å². The molecule has 3 rings (SSSR count). The van der Waals surface area contributed by atoms with Gasteiger partial charge in [0, 0.05) is 0 Å². The quantitative estimate of drug-likeness (QED) is 0.913. The van der Waals surface area contributed by atoms with E-state index in [2.05, 4.69) is 12.1 Å². The largest absolute Gasteiger partial charge is 0.497 e. The van der Waals surface area contributed by atoms with Crippen molar-refractivity contribution in [1.29, 1.82) is 0 Å². The number of carboxylic acids is 1. The Morgan fingerprint density at radius 2 is 1.85 bits per heavy atom. The monoisotopic (exact) mass is 268 g/mol. The first-order chi connectivity index (χ1) is 9.69. The number of aromatic carboxylic acids is 1. The molecule has 1 fully saturated rings. The van der Waals surface area contributed by atoms with Crippen LogP contribution >= 0.6 is 0 Å². The van der Waals surface area contributed by atoms with E-state index in [0.717, 1.165) is 5.56 Å². The Kier molecular flexibility index (Phi) is 3.18. The number of carboxylic acid groups (broad SMARTS) is 1. The maximum Gasteiger partial charge on any atom is 0.336 e. The first kappa shape index (κ1) is 12.7. The van der Waals surface area contributed by atoms with Crippen molar-refractivity contribution in [3.05, 3.63) is 53.6 Å². The molecule has 0 bridgehead atoms. The fraction of sp³-hybridized carbons (Fsp3) is 0.235. The van der Waals surface area contributed by atoms with Gasteiger partial charge in [-0.15, -0.1) is 0 Å². The summed E-state index contributed by atoms with van der Waals surface area (Å²) in [4.78, 5) is 11.3. The molecule has 1 aliphatic rings. The van der Waals surface area contributed by atoms with Crippen LogP contribution in [0.25, 0.3) is 11.1 Å². The van der Waals surface area contributed by atoms with E-state index in [1.54, 1.807) is 25.3 Å². The van der Waals surface area contributed by atoms with Crippen LogP contribution in [-0.4, -0.2) is 18.2 Å². The van der Waals surface area contributed by atoms with Gasteiger partial charge < -0.3 is 9.84 Å². The van der Waals surface area contributed by atoms with Crippen LogP contribution in [-0.2, 0) is 0 Å². The zero-order valence-corrected chi connectivity index (χ0v) is 11.3. The zero-order valence-electron chi connectivity index (χ0n) is 11.3. The Morgan fingerprint density at radius 1 is 1.15 bits per heavy atom. The predicted octanol–water partition coefficient (Wildman–Crippen LogP) is 3.94. The second-order valence-electron chi connectivity index (χ2n) is 5.11. The molecule has 0 saturated heterocycles. The van der Waals surface area contributed by atoms with E-state index >= 15 is 0 Å². The van der Waals surface area contributed by atoms with Crippen molar-refractivity contribution < 1.29 is 14.6 Å². The average molecular weight is 268 g/mol. The molecule has 3 heteroatoms. The van der Waals surface area contributed by atoms with Crippen LogP contribution in [0.3, 0.4) is 0 Å². The molecular formula is C17H16O3. The average Bonchev–Trinajstić information content (AvgIpc) is 3.31. The van der Waals surface area contributed by atoms with Crippen LogP contribution in [0.1, 0.15) is 34.7 Å². The molecule has 0 unspecified atom stereocenters. The van der Waals surface area contributed by atoms with Gasteiger partial charge in [0.1, 0.15) is 5.75 Å². The van der Waals surface area contributed by atoms with Crippen LogP contribution in [0.5, 0.6) is 5.75 Å². The summed E-state index contributed by atoms with van der Waals surface area (Å²) in [6, 6.07) is 13.2. The van der Waals surface area contributed by atoms with E-state index in [4.69, 9.17) is 4.74 Å². The summed E-state index contributed by atoms with van der Waals surface area (Å²) in [6.07, 6.45) is 2.53. The lowest BCUT2D eigenvalue weighted by Gasteiger charge is -2.09. The third-order valence-electron chi connectivity index (χ3n) is 3.73. The van der Waals surface area contributed by atoms with Gasteiger partial charge in [-0.05, 0) is 53.6 Å². The maximum atomic E-state index is 11.3. The van der Waals surface area contributed by atoms with E-state index in [9.17, 15) is 9.90 Å². The molecule has 2 aromatic carbocycles. The predicted molar refractivity (Wildman–Crippen MR) is 77.4 cm³/mol. The van der Waals surface area contributed by atoms with Crippen molar-refractivity contribution >= 4 is 5.97 Å². The molecule has 102 valence electrons. The van der Waals surface area contributed by atoms with Crippen molar-refractivity contribution in [2.45, 2.75) is 18.8 Å². The van der Waals surface area contributed by atoms with Gasteiger partial charge in [-0.1, -0.05) is 24.3 Å². The standard InChI is InChI=1S/C17H16O3/c1-20-14-8-9-15(17(18)19)16(10-14)13-6-4-12(5-7-13)11-2-3-11/h4-11H,2-3H2,1H3,(H,18,19). The van der Waals surface area contributed by atoms with Gasteiger partial charge >= 0.3 is 5.97 Å². The number of hydrogen-bond acceptors (Lipinski definition) is 2. The summed E-state index contributed by atoms with van der Waals surface area (Å²) >= 11 is 0. The van der Waals surface area contributed by atoms with Gasteiger partial charge in [0.15, 0.2) is 0 Å². The van der Waals surface area contributed by atoms with Crippen molar-refractivity contribution in [3.8, 4) is 16.9 Å². The van der Waals surface area contributed by atoms with Crippen LogP contribution in [0, 0.1) is 0 Å². The zero-order chi connectivity index (χ0) is 14.1. The normalized spacial score (nSPS) is 14.1. The highest BCUT2D eigenvalue weighted by molar-refractivity contribution is 5.96. The lowest BCUT2D eigenvalue weighted by Crippen LogP contribution is -2.00. The minimum absolute atomic E-state index is 0.296. The van der Waals surface area contributed by atoms with Crippen LogP contribution in [0.2, 0.25) is 0 Å². The maximum absolute atomic E-state index is 11.3. The molecule has 0 aliphatic heterocycles. The Labute approximate surface area is 117 Å². The number of benzene rings is 2. The summed E-state index contributed by atoms with van der Waals surface area (Å²) in [6.45, 7) is 0. The van der Waals surface area contributed by atoms with Gasteiger partial charge in [-0.3, -0.25) is 0 Å². The molecule has 3 nitrogen and oxygen atoms in total. The molecule has 0 atom stereocenters. The SMILES string of the molecule is COc1ccc(C(=O)O)c(-c2ccc(C3CC3)cc2)c1. The molecule has 0 amide bonds. The van der Waals surface area contributed by atoms with Crippen molar-refractivity contribution in [3.63, 3.8) is 0 Å². The Bertz CT molecular complexity index is 640. The first-order valence-corrected chi connectivity index (χ1v) is 6.70. The molecule has 1 N–H and O–H groups in total. The molecule has 0 heterocycles. The molecule has 1 aliphatic carbocycles. The van der Waals surface area contributed by atoms with Crippen molar-refractivity contribution in [2.75, 3.05) is 7.11 Å². The van der Waals surface area contributed by atoms with Crippen LogP contribution in [0.4, 0.5) is 0 Å². The Hall–Kier alpha value is -2.29. The summed E-state index contributed by atoms with van der Waals surface area (Å²) in [5.41, 5.74) is 3.24. The lowest BCUT2D eigenvalue weighted by atomic mass is 9.97. The third-order valence-corrected chi connectivity index (χ3v) is 3.73. The Balaban J connectivity index is 2.04. The van der Waals surface area contributed by atoms with Crippen molar-refractivity contribution in [2.24, 2.45) is 0 Å². The molecule has 20 heavy (non-hydrogen) atoms. The summed E-state index contributed by atoms with van der Waals surface area (Å²) in [7, 11) is 1.58. The van der Waals surface area contributed by atoms with Gasteiger partial charge in [-0.25, -0.2) is 4.79 Å². The molecule has 0 aromatic heterocycles. The molecule has 2 aromatic rings. The van der Waals surface area contributed by atoms with Gasteiger partial charge in [0.25, 0.3) is 0 Å². The second-order valence-corrected chi connectivity index (χ2v) is 5.11. The van der Waals surface area contributed by atoms with Crippen molar-refractivity contribution in [1.82, 2.24) is 0 Å². The number of hydrogen-bond donors (Lipinski definition) is 1. The second kappa shape index (κ2) is 5.00. The van der Waals surface area contributed by atoms with Gasteiger partial charge in [-0.2, -0.15) is 0 Å². The number of carbonyl (C=O) groups is 1. The summed E-state index contributed by atoms with van der Waals surface area (Å²) < 4.78 is 5.19. The molecule has 1 saturated carbocycles. The highest BCUT2D eigenvalue weighted by atomic mass is 16.5. The van der Waals surface area contributed by atoms with E-state index < -0.39 is 5.97 Å². The molecular weight excluding hydrogens is 252 g/mol. The van der Waals surface area contributed by atoms with E-state index in [1.165, 1.54) is 18.4 Å². The first-order valence-electron chi connectivity index (χ1n) is 6.70. The fourth-order valence-corrected chi connectivity index (χ4v) is 2.43. The van der Waals surface area contributed by atoms with Crippen LogP contribution in [0.15, 0.2) is 42.5 Å². The molecule has 0 spiro atoms. The van der Waals surface area contributed by atoms with E-state index in [-0.39, 0.29) is 0 Å². The third kappa shape index (κ3) is 2.39. The Morgan fingerprint density at radius 3 is 2.40 bits per heavy atom. The topological polar surface area (TPSA) is 46.5 Å². The number of rotatable bonds is 4. The summed E-state index contributed by atoms with van der Waals surface area (Å²) in [5.74, 6) is 0.443. The van der Waals surface area contributed by atoms with Crippen LogP contribution < -0.4 is 4.74 Å². The smallest absolute Gasteiger partial charge is 0.336 e. The summed E-state index contributed by atoms with van der Waals surface area (Å²) in [5, 5.41) is 9.30. The highest BCUT2D eigenvalue weighted by Gasteiger charge is 2.23.